The van der Waals surface area contributed by atoms with Crippen molar-refractivity contribution in [1.29, 1.82) is 0 Å². The molecule has 0 radical (unpaired) electrons. The van der Waals surface area contributed by atoms with Gasteiger partial charge in [0.15, 0.2) is 11.6 Å². The van der Waals surface area contributed by atoms with E-state index in [1.807, 2.05) is 18.2 Å². The molecule has 0 heterocycles. The van der Waals surface area contributed by atoms with Gasteiger partial charge in [-0.3, -0.25) is 9.59 Å². The van der Waals surface area contributed by atoms with E-state index >= 15 is 0 Å². The zero-order valence-corrected chi connectivity index (χ0v) is 28.6. The van der Waals surface area contributed by atoms with Gasteiger partial charge in [-0.2, -0.15) is 0 Å². The molecule has 2 bridgehead atoms. The number of nitrogens with one attached hydrogen (secondary N) is 1. The van der Waals surface area contributed by atoms with Crippen LogP contribution in [0, 0.1) is 24.7 Å². The second-order valence-electron chi connectivity index (χ2n) is 14.8. The highest BCUT2D eigenvalue weighted by Crippen LogP contribution is 2.43. The van der Waals surface area contributed by atoms with Gasteiger partial charge >= 0.3 is 0 Å². The second kappa shape index (κ2) is 14.2. The molecule has 0 aliphatic heterocycles. The highest BCUT2D eigenvalue weighted by molar-refractivity contribution is 6.10. The monoisotopic (exact) mass is 635 g/mol. The first-order valence-corrected chi connectivity index (χ1v) is 18.2. The van der Waals surface area contributed by atoms with Crippen LogP contribution in [0.25, 0.3) is 17.7 Å². The van der Waals surface area contributed by atoms with Gasteiger partial charge in [-0.15, -0.1) is 6.58 Å². The van der Waals surface area contributed by atoms with E-state index in [0.717, 1.165) is 48.9 Å². The Labute approximate surface area is 286 Å². The predicted molar refractivity (Wildman–Crippen MR) is 199 cm³/mol. The number of aryl methyl sites for hydroxylation is 1. The van der Waals surface area contributed by atoms with Crippen LogP contribution >= 0.6 is 0 Å². The molecule has 5 aliphatic rings. The molecular weight excluding hydrogens is 587 g/mol. The third-order valence-corrected chi connectivity index (χ3v) is 11.1. The van der Waals surface area contributed by atoms with Gasteiger partial charge in [-0.25, -0.2) is 0 Å². The van der Waals surface area contributed by atoms with Crippen molar-refractivity contribution in [2.24, 2.45) is 17.8 Å². The lowest BCUT2D eigenvalue weighted by atomic mass is 9.80. The molecule has 2 saturated carbocycles. The summed E-state index contributed by atoms with van der Waals surface area (Å²) in [6, 6.07) is 11.3. The van der Waals surface area contributed by atoms with Gasteiger partial charge in [0.25, 0.3) is 0 Å². The number of carbonyl (C=O) groups excluding carboxylic acids is 2. The minimum absolute atomic E-state index is 0.0468. The first-order valence-electron chi connectivity index (χ1n) is 18.2. The Morgan fingerprint density at radius 1 is 0.979 bits per heavy atom. The first kappa shape index (κ1) is 32.5. The van der Waals surface area contributed by atoms with Crippen LogP contribution in [0.15, 0.2) is 96.7 Å². The van der Waals surface area contributed by atoms with Crippen molar-refractivity contribution in [3.63, 3.8) is 0 Å². The molecule has 246 valence electrons. The van der Waals surface area contributed by atoms with Crippen LogP contribution in [0.3, 0.4) is 0 Å². The van der Waals surface area contributed by atoms with Gasteiger partial charge in [-0.1, -0.05) is 79.8 Å². The van der Waals surface area contributed by atoms with Gasteiger partial charge in [0.1, 0.15) is 0 Å². The van der Waals surface area contributed by atoms with E-state index in [4.69, 9.17) is 0 Å². The zero-order chi connectivity index (χ0) is 33.2. The van der Waals surface area contributed by atoms with Crippen molar-refractivity contribution in [2.45, 2.75) is 83.6 Å². The smallest absolute Gasteiger partial charge is 0.189 e. The van der Waals surface area contributed by atoms with E-state index in [2.05, 4.69) is 92.6 Å². The number of carbonyl (C=O) groups is 2. The van der Waals surface area contributed by atoms with Gasteiger partial charge in [-0.05, 0) is 138 Å². The highest BCUT2D eigenvalue weighted by Gasteiger charge is 2.30. The number of hydrogen-bond donors (Lipinski definition) is 1. The molecule has 0 amide bonds. The number of ketones is 2. The Hall–Kier alpha value is -4.08. The Bertz CT molecular complexity index is 1900. The van der Waals surface area contributed by atoms with Crippen LogP contribution in [0.5, 0.6) is 0 Å². The van der Waals surface area contributed by atoms with E-state index in [0.29, 0.717) is 30.2 Å². The van der Waals surface area contributed by atoms with Gasteiger partial charge in [0.05, 0.1) is 0 Å². The summed E-state index contributed by atoms with van der Waals surface area (Å²) in [5.74, 6) is 1.93. The fourth-order valence-electron chi connectivity index (χ4n) is 8.11. The molecule has 48 heavy (non-hydrogen) atoms. The Morgan fingerprint density at radius 2 is 1.81 bits per heavy atom. The Morgan fingerprint density at radius 3 is 2.60 bits per heavy atom. The fourth-order valence-corrected chi connectivity index (χ4v) is 8.11. The average molecular weight is 636 g/mol. The average Bonchev–Trinajstić information content (AvgIpc) is 3.96. The Kier molecular flexibility index (Phi) is 9.59. The summed E-state index contributed by atoms with van der Waals surface area (Å²) in [7, 11) is 0. The van der Waals surface area contributed by atoms with Crippen molar-refractivity contribution >= 4 is 29.3 Å². The fraction of sp³-hybridized carbons (Fsp3) is 0.378. The molecule has 3 heteroatoms. The maximum absolute atomic E-state index is 14.0. The number of hydrogen-bond acceptors (Lipinski definition) is 3. The lowest BCUT2D eigenvalue weighted by Gasteiger charge is -2.27. The summed E-state index contributed by atoms with van der Waals surface area (Å²) in [6.45, 7) is 9.15. The Balaban J connectivity index is 1.04. The van der Waals surface area contributed by atoms with Gasteiger partial charge < -0.3 is 5.32 Å². The lowest BCUT2D eigenvalue weighted by Crippen LogP contribution is -2.32. The van der Waals surface area contributed by atoms with Crippen molar-refractivity contribution in [2.75, 3.05) is 6.54 Å². The van der Waals surface area contributed by atoms with E-state index in [-0.39, 0.29) is 17.5 Å². The largest absolute Gasteiger partial charge is 0.311 e. The maximum Gasteiger partial charge on any atom is 0.189 e. The van der Waals surface area contributed by atoms with Crippen LogP contribution in [0.4, 0.5) is 0 Å². The van der Waals surface area contributed by atoms with E-state index in [9.17, 15) is 9.59 Å². The number of Topliss-reactive ketones (excluding diaryl/α,β-unsaturated/α-hetero) is 1. The highest BCUT2D eigenvalue weighted by atomic mass is 16.1. The summed E-state index contributed by atoms with van der Waals surface area (Å²) < 4.78 is 0. The van der Waals surface area contributed by atoms with Crippen LogP contribution in [-0.4, -0.2) is 24.2 Å². The molecule has 0 aromatic heterocycles. The van der Waals surface area contributed by atoms with Crippen molar-refractivity contribution in [3.8, 4) is 0 Å². The third kappa shape index (κ3) is 7.17. The first-order chi connectivity index (χ1) is 23.4. The molecule has 0 saturated heterocycles. The topological polar surface area (TPSA) is 46.2 Å². The predicted octanol–water partition coefficient (Wildman–Crippen LogP) is 8.18. The molecule has 3 nitrogen and oxygen atoms in total. The molecule has 1 N–H and O–H groups in total. The molecule has 2 unspecified atom stereocenters. The van der Waals surface area contributed by atoms with Crippen molar-refractivity contribution in [1.82, 2.24) is 5.32 Å². The molecule has 2 aromatic carbocycles. The third-order valence-electron chi connectivity index (χ3n) is 11.1. The minimum Gasteiger partial charge on any atom is -0.311 e. The number of benzene rings is 2. The molecule has 2 atom stereocenters. The van der Waals surface area contributed by atoms with Crippen LogP contribution in [-0.2, 0) is 11.2 Å². The zero-order valence-electron chi connectivity index (χ0n) is 28.6. The number of allylic oxidation sites excluding steroid dienone is 10. The van der Waals surface area contributed by atoms with Crippen LogP contribution < -0.4 is 15.8 Å². The molecule has 2 aromatic rings. The summed E-state index contributed by atoms with van der Waals surface area (Å²) in [6.07, 6.45) is 30.6. The van der Waals surface area contributed by atoms with Crippen molar-refractivity contribution < 1.29 is 9.59 Å². The van der Waals surface area contributed by atoms with E-state index in [1.165, 1.54) is 64.0 Å². The molecule has 2 fully saturated rings. The van der Waals surface area contributed by atoms with E-state index in [1.54, 1.807) is 6.08 Å². The molecular formula is C45H49NO2. The van der Waals surface area contributed by atoms with Crippen LogP contribution in [0.1, 0.15) is 96.8 Å². The van der Waals surface area contributed by atoms with Crippen molar-refractivity contribution in [3.05, 3.63) is 135 Å². The minimum atomic E-state index is 0.0468. The molecule has 7 rings (SSSR count). The van der Waals surface area contributed by atoms with Gasteiger partial charge in [0, 0.05) is 36.1 Å². The van der Waals surface area contributed by atoms with E-state index < -0.39 is 0 Å². The second-order valence-corrected chi connectivity index (χ2v) is 14.8. The normalized spacial score (nSPS) is 24.8. The summed E-state index contributed by atoms with van der Waals surface area (Å²) in [5, 5.41) is 6.25. The molecule has 5 aliphatic carbocycles. The summed E-state index contributed by atoms with van der Waals surface area (Å²) in [5.41, 5.74) is 8.94. The number of fused-ring (bicyclic) bond motifs is 3. The molecule has 0 spiro atoms. The number of rotatable bonds is 11. The van der Waals surface area contributed by atoms with Crippen LogP contribution in [0.2, 0.25) is 0 Å². The SMILES string of the molecule is C=CC1CCC(NC/C=C/C(=O)Cc2ccc(C(=O)C3=CC=C4CC3C=CC=C4c3cc4c(cc3C)=CCC(C)C=4)cc2C2CC2)CC1. The lowest BCUT2D eigenvalue weighted by molar-refractivity contribution is -0.114. The standard InChI is InChI=1S/C45H49NO2/c1-4-31-11-19-39(20-12-31)46-22-6-8-40(47)26-36-16-17-37(27-44(36)32-14-15-32)45(48)42-21-18-35-25-34(42)7-5-9-41(35)43-28-38-23-29(2)10-13-33(38)24-30(43)3/h4-9,13,16-18,21,23-24,27-29,31-32,34,39,46H,1,10-12,14-15,19-20,22,25-26H2,2-3H3/b8-6+. The van der Waals surface area contributed by atoms with Gasteiger partial charge in [0.2, 0.25) is 0 Å². The summed E-state index contributed by atoms with van der Waals surface area (Å²) in [4.78, 5) is 27.0. The summed E-state index contributed by atoms with van der Waals surface area (Å²) >= 11 is 0. The maximum atomic E-state index is 14.0. The quantitative estimate of drug-likeness (QED) is 0.154.